The predicted octanol–water partition coefficient (Wildman–Crippen LogP) is 7.27. The van der Waals surface area contributed by atoms with Gasteiger partial charge in [-0.15, -0.1) is 22.7 Å². The van der Waals surface area contributed by atoms with E-state index in [-0.39, 0.29) is 0 Å². The van der Waals surface area contributed by atoms with Crippen molar-refractivity contribution in [2.24, 2.45) is 0 Å². The van der Waals surface area contributed by atoms with E-state index < -0.39 is 0 Å². The van der Waals surface area contributed by atoms with Gasteiger partial charge >= 0.3 is 0 Å². The summed E-state index contributed by atoms with van der Waals surface area (Å²) in [6.45, 7) is 0. The molecule has 6 aromatic rings. The van der Waals surface area contributed by atoms with Gasteiger partial charge in [0, 0.05) is 33.3 Å². The number of fused-ring (bicyclic) bond motifs is 1. The molecule has 7 heteroatoms. The second-order valence-electron chi connectivity index (χ2n) is 6.88. The molecule has 148 valence electrons. The fourth-order valence-corrected chi connectivity index (χ4v) is 6.11. The fraction of sp³-hybridized carbons (Fsp3) is 0. The van der Waals surface area contributed by atoms with Crippen LogP contribution in [0.3, 0.4) is 0 Å². The first kappa shape index (κ1) is 18.5. The van der Waals surface area contributed by atoms with Crippen molar-refractivity contribution < 1.29 is 0 Å². The van der Waals surface area contributed by atoms with Gasteiger partial charge in [-0.1, -0.05) is 24.3 Å². The lowest BCUT2D eigenvalue weighted by Gasteiger charge is -2.03. The highest BCUT2D eigenvalue weighted by Crippen LogP contribution is 2.41. The highest BCUT2D eigenvalue weighted by Gasteiger charge is 2.16. The molecule has 0 aliphatic heterocycles. The molecule has 0 saturated carbocycles. The molecule has 0 amide bonds. The second kappa shape index (κ2) is 7.77. The molecule has 5 heterocycles. The van der Waals surface area contributed by atoms with Crippen molar-refractivity contribution in [2.45, 2.75) is 0 Å². The van der Waals surface area contributed by atoms with Crippen LogP contribution in [0, 0.1) is 0 Å². The molecule has 6 rings (SSSR count). The smallest absolute Gasteiger partial charge is 0.114 e. The molecule has 0 saturated heterocycles. The Bertz CT molecular complexity index is 1370. The Hall–Kier alpha value is -3.26. The normalized spacial score (nSPS) is 11.2. The highest BCUT2D eigenvalue weighted by atomic mass is 32.1. The van der Waals surface area contributed by atoms with E-state index in [1.807, 2.05) is 48.8 Å². The van der Waals surface area contributed by atoms with Gasteiger partial charge in [0.1, 0.15) is 11.0 Å². The maximum absolute atomic E-state index is 4.64. The van der Waals surface area contributed by atoms with Gasteiger partial charge < -0.3 is 0 Å². The van der Waals surface area contributed by atoms with Gasteiger partial charge in [0.25, 0.3) is 0 Å². The van der Waals surface area contributed by atoms with Gasteiger partial charge in [0.2, 0.25) is 0 Å². The van der Waals surface area contributed by atoms with E-state index in [2.05, 4.69) is 55.1 Å². The number of aromatic nitrogens is 4. The van der Waals surface area contributed by atoms with Gasteiger partial charge in [-0.2, -0.15) is 8.75 Å². The third-order valence-corrected chi connectivity index (χ3v) is 7.80. The van der Waals surface area contributed by atoms with Crippen molar-refractivity contribution in [3.05, 3.63) is 85.2 Å². The number of nitrogens with zero attached hydrogens (tertiary/aromatic N) is 4. The summed E-state index contributed by atoms with van der Waals surface area (Å²) in [6.07, 6.45) is 3.65. The van der Waals surface area contributed by atoms with E-state index in [1.165, 1.54) is 21.5 Å². The summed E-state index contributed by atoms with van der Waals surface area (Å²) < 4.78 is 9.28. The van der Waals surface area contributed by atoms with E-state index in [9.17, 15) is 0 Å². The summed E-state index contributed by atoms with van der Waals surface area (Å²) >= 11 is 4.72. The Morgan fingerprint density at radius 2 is 0.968 bits per heavy atom. The van der Waals surface area contributed by atoms with Crippen LogP contribution in [0.2, 0.25) is 0 Å². The lowest BCUT2D eigenvalue weighted by atomic mass is 10.1. The highest BCUT2D eigenvalue weighted by molar-refractivity contribution is 7.19. The van der Waals surface area contributed by atoms with Crippen LogP contribution in [0.5, 0.6) is 0 Å². The lowest BCUT2D eigenvalue weighted by Crippen LogP contribution is -1.81. The van der Waals surface area contributed by atoms with Gasteiger partial charge in [-0.05, 0) is 48.5 Å². The summed E-state index contributed by atoms with van der Waals surface area (Å²) in [4.78, 5) is 13.6. The van der Waals surface area contributed by atoms with Crippen molar-refractivity contribution in [3.8, 4) is 42.0 Å². The first-order chi connectivity index (χ1) is 15.4. The number of benzene rings is 1. The predicted molar refractivity (Wildman–Crippen MR) is 131 cm³/mol. The molecule has 0 radical (unpaired) electrons. The van der Waals surface area contributed by atoms with Crippen molar-refractivity contribution in [3.63, 3.8) is 0 Å². The molecular formula is C24H14N4S3. The third kappa shape index (κ3) is 3.37. The average molecular weight is 455 g/mol. The SMILES string of the molecule is c1ccc(-c2ccc(-c3ccc(-c4ccc(-c5ccccn5)s4)c4nsnc34)s2)nc1. The maximum atomic E-state index is 4.64. The largest absolute Gasteiger partial charge is 0.255 e. The van der Waals surface area contributed by atoms with E-state index in [1.54, 1.807) is 22.7 Å². The number of hydrogen-bond donors (Lipinski definition) is 0. The van der Waals surface area contributed by atoms with Crippen LogP contribution >= 0.6 is 34.4 Å². The molecule has 0 bridgehead atoms. The van der Waals surface area contributed by atoms with Crippen LogP contribution in [-0.4, -0.2) is 18.7 Å². The zero-order valence-corrected chi connectivity index (χ0v) is 18.5. The molecule has 0 N–H and O–H groups in total. The second-order valence-corrected chi connectivity index (χ2v) is 9.58. The number of hydrogen-bond acceptors (Lipinski definition) is 7. The van der Waals surface area contributed by atoms with Crippen LogP contribution in [-0.2, 0) is 0 Å². The fourth-order valence-electron chi connectivity index (χ4n) is 3.52. The molecule has 31 heavy (non-hydrogen) atoms. The van der Waals surface area contributed by atoms with Crippen molar-refractivity contribution >= 4 is 45.4 Å². The van der Waals surface area contributed by atoms with Crippen LogP contribution in [0.4, 0.5) is 0 Å². The molecule has 0 aliphatic carbocycles. The van der Waals surface area contributed by atoms with Crippen molar-refractivity contribution in [2.75, 3.05) is 0 Å². The average Bonchev–Trinajstić information content (AvgIpc) is 3.60. The summed E-state index contributed by atoms with van der Waals surface area (Å²) in [5.74, 6) is 0. The van der Waals surface area contributed by atoms with Crippen molar-refractivity contribution in [1.82, 2.24) is 18.7 Å². The van der Waals surface area contributed by atoms with E-state index in [0.29, 0.717) is 0 Å². The Morgan fingerprint density at radius 1 is 0.484 bits per heavy atom. The van der Waals surface area contributed by atoms with Crippen LogP contribution in [0.1, 0.15) is 0 Å². The summed E-state index contributed by atoms with van der Waals surface area (Å²) in [7, 11) is 0. The monoisotopic (exact) mass is 454 g/mol. The van der Waals surface area contributed by atoms with Gasteiger partial charge in [-0.25, -0.2) is 0 Å². The molecule has 0 unspecified atom stereocenters. The minimum absolute atomic E-state index is 0.949. The summed E-state index contributed by atoms with van der Waals surface area (Å²) in [5, 5.41) is 0. The summed E-state index contributed by atoms with van der Waals surface area (Å²) in [6, 6.07) is 24.8. The molecule has 0 aliphatic rings. The Balaban J connectivity index is 1.41. The van der Waals surface area contributed by atoms with Gasteiger partial charge in [0.15, 0.2) is 0 Å². The number of thiophene rings is 2. The van der Waals surface area contributed by atoms with E-state index in [0.717, 1.165) is 43.3 Å². The molecule has 0 spiro atoms. The van der Waals surface area contributed by atoms with Crippen molar-refractivity contribution in [1.29, 1.82) is 0 Å². The standard InChI is InChI=1S/C24H14N4S3/c1-3-13-25-17(5-1)21-11-9-19(29-21)15-7-8-16(24-23(15)27-31-28-24)20-10-12-22(30-20)18-6-2-4-14-26-18/h1-14H. The van der Waals surface area contributed by atoms with E-state index >= 15 is 0 Å². The lowest BCUT2D eigenvalue weighted by molar-refractivity contribution is 1.34. The maximum Gasteiger partial charge on any atom is 0.114 e. The van der Waals surface area contributed by atoms with Gasteiger partial charge in [0.05, 0.1) is 32.9 Å². The number of rotatable bonds is 4. The van der Waals surface area contributed by atoms with Gasteiger partial charge in [-0.3, -0.25) is 9.97 Å². The molecule has 0 atom stereocenters. The molecule has 0 fully saturated rings. The van der Waals surface area contributed by atoms with Crippen LogP contribution < -0.4 is 0 Å². The topological polar surface area (TPSA) is 51.6 Å². The van der Waals surface area contributed by atoms with Crippen LogP contribution in [0.25, 0.3) is 53.1 Å². The Labute approximate surface area is 190 Å². The molecule has 1 aromatic carbocycles. The zero-order chi connectivity index (χ0) is 20.6. The number of pyridine rings is 2. The minimum atomic E-state index is 0.949. The minimum Gasteiger partial charge on any atom is -0.255 e. The van der Waals surface area contributed by atoms with Crippen LogP contribution in [0.15, 0.2) is 85.2 Å². The Morgan fingerprint density at radius 3 is 1.42 bits per heavy atom. The first-order valence-electron chi connectivity index (χ1n) is 9.65. The molecule has 4 nitrogen and oxygen atoms in total. The third-order valence-electron chi connectivity index (χ3n) is 4.99. The molecular weight excluding hydrogens is 440 g/mol. The first-order valence-corrected chi connectivity index (χ1v) is 12.0. The summed E-state index contributed by atoms with van der Waals surface area (Å²) in [5.41, 5.74) is 6.10. The quantitative estimate of drug-likeness (QED) is 0.281. The Kier molecular flexibility index (Phi) is 4.64. The van der Waals surface area contributed by atoms with E-state index in [4.69, 9.17) is 0 Å². The molecule has 5 aromatic heterocycles. The zero-order valence-electron chi connectivity index (χ0n) is 16.1.